The van der Waals surface area contributed by atoms with Gasteiger partial charge >= 0.3 is 0 Å². The van der Waals surface area contributed by atoms with Gasteiger partial charge in [-0.3, -0.25) is 4.90 Å². The molecule has 2 rings (SSSR count). The lowest BCUT2D eigenvalue weighted by atomic mass is 10.2. The predicted octanol–water partition coefficient (Wildman–Crippen LogP) is 3.02. The molecule has 1 aliphatic rings. The first-order valence-corrected chi connectivity index (χ1v) is 7.95. The highest BCUT2D eigenvalue weighted by atomic mass is 32.1. The minimum atomic E-state index is 0.543. The van der Waals surface area contributed by atoms with Crippen molar-refractivity contribution in [1.82, 2.24) is 15.2 Å². The van der Waals surface area contributed by atoms with Gasteiger partial charge in [0.05, 0.1) is 6.54 Å². The predicted molar refractivity (Wildman–Crippen MR) is 77.8 cm³/mol. The summed E-state index contributed by atoms with van der Waals surface area (Å²) in [5.74, 6) is 0. The number of rotatable bonds is 5. The van der Waals surface area contributed by atoms with E-state index in [0.717, 1.165) is 13.1 Å². The highest BCUT2D eigenvalue weighted by molar-refractivity contribution is 7.11. The SMILES string of the molecule is CC(C)NCc1cnc(CN2CCCCCC2)s1. The van der Waals surface area contributed by atoms with Crippen molar-refractivity contribution in [2.45, 2.75) is 58.7 Å². The second kappa shape index (κ2) is 7.22. The van der Waals surface area contributed by atoms with Crippen molar-refractivity contribution in [3.05, 3.63) is 16.1 Å². The molecule has 1 aromatic rings. The highest BCUT2D eigenvalue weighted by Crippen LogP contribution is 2.17. The summed E-state index contributed by atoms with van der Waals surface area (Å²) in [5, 5.41) is 4.72. The first kappa shape index (κ1) is 14.0. The molecule has 18 heavy (non-hydrogen) atoms. The van der Waals surface area contributed by atoms with E-state index in [1.54, 1.807) is 0 Å². The van der Waals surface area contributed by atoms with Crippen LogP contribution in [0.15, 0.2) is 6.20 Å². The van der Waals surface area contributed by atoms with Gasteiger partial charge in [0.2, 0.25) is 0 Å². The van der Waals surface area contributed by atoms with Gasteiger partial charge in [0.15, 0.2) is 0 Å². The quantitative estimate of drug-likeness (QED) is 0.889. The van der Waals surface area contributed by atoms with Gasteiger partial charge in [-0.2, -0.15) is 0 Å². The third-order valence-corrected chi connectivity index (χ3v) is 4.33. The summed E-state index contributed by atoms with van der Waals surface area (Å²) in [5.41, 5.74) is 0. The lowest BCUT2D eigenvalue weighted by Gasteiger charge is -2.17. The molecule has 1 aliphatic heterocycles. The zero-order valence-corrected chi connectivity index (χ0v) is 12.4. The molecule has 1 fully saturated rings. The summed E-state index contributed by atoms with van der Waals surface area (Å²) < 4.78 is 0. The van der Waals surface area contributed by atoms with Crippen LogP contribution in [0.5, 0.6) is 0 Å². The number of nitrogens with zero attached hydrogens (tertiary/aromatic N) is 2. The number of likely N-dealkylation sites (tertiary alicyclic amines) is 1. The van der Waals surface area contributed by atoms with E-state index < -0.39 is 0 Å². The lowest BCUT2D eigenvalue weighted by molar-refractivity contribution is 0.276. The van der Waals surface area contributed by atoms with E-state index in [-0.39, 0.29) is 0 Å². The van der Waals surface area contributed by atoms with Crippen molar-refractivity contribution in [2.75, 3.05) is 13.1 Å². The molecule has 0 spiro atoms. The monoisotopic (exact) mass is 267 g/mol. The average Bonchev–Trinajstić information content (AvgIpc) is 2.62. The van der Waals surface area contributed by atoms with Crippen molar-refractivity contribution in [3.63, 3.8) is 0 Å². The van der Waals surface area contributed by atoms with Crippen LogP contribution in [-0.4, -0.2) is 29.0 Å². The Labute approximate surface area is 115 Å². The van der Waals surface area contributed by atoms with Crippen LogP contribution >= 0.6 is 11.3 Å². The van der Waals surface area contributed by atoms with Gasteiger partial charge in [-0.05, 0) is 25.9 Å². The van der Waals surface area contributed by atoms with E-state index in [1.807, 2.05) is 17.5 Å². The lowest BCUT2D eigenvalue weighted by Crippen LogP contribution is -2.23. The summed E-state index contributed by atoms with van der Waals surface area (Å²) in [6.45, 7) is 8.86. The van der Waals surface area contributed by atoms with E-state index in [0.29, 0.717) is 6.04 Å². The first-order valence-electron chi connectivity index (χ1n) is 7.13. The maximum absolute atomic E-state index is 4.56. The Balaban J connectivity index is 1.81. The van der Waals surface area contributed by atoms with Crippen molar-refractivity contribution in [2.24, 2.45) is 0 Å². The van der Waals surface area contributed by atoms with Gasteiger partial charge in [0, 0.05) is 23.7 Å². The zero-order valence-electron chi connectivity index (χ0n) is 11.6. The Hall–Kier alpha value is -0.450. The van der Waals surface area contributed by atoms with Crippen LogP contribution in [-0.2, 0) is 13.1 Å². The average molecular weight is 267 g/mol. The fourth-order valence-corrected chi connectivity index (χ4v) is 3.21. The van der Waals surface area contributed by atoms with Crippen LogP contribution in [0.2, 0.25) is 0 Å². The third kappa shape index (κ3) is 4.67. The Morgan fingerprint density at radius 1 is 1.28 bits per heavy atom. The molecule has 1 N–H and O–H groups in total. The number of nitrogens with one attached hydrogen (secondary N) is 1. The van der Waals surface area contributed by atoms with Gasteiger partial charge in [0.1, 0.15) is 5.01 Å². The Bertz CT molecular complexity index is 341. The van der Waals surface area contributed by atoms with Gasteiger partial charge in [-0.15, -0.1) is 11.3 Å². The topological polar surface area (TPSA) is 28.2 Å². The van der Waals surface area contributed by atoms with Crippen molar-refractivity contribution < 1.29 is 0 Å². The van der Waals surface area contributed by atoms with Crippen LogP contribution in [0.3, 0.4) is 0 Å². The molecule has 0 atom stereocenters. The maximum atomic E-state index is 4.56. The molecule has 0 aliphatic carbocycles. The number of thiazole rings is 1. The van der Waals surface area contributed by atoms with Crippen LogP contribution in [0, 0.1) is 0 Å². The molecule has 1 aromatic heterocycles. The molecule has 0 unspecified atom stereocenters. The fourth-order valence-electron chi connectivity index (χ4n) is 2.29. The molecule has 1 saturated heterocycles. The first-order chi connectivity index (χ1) is 8.74. The van der Waals surface area contributed by atoms with Crippen LogP contribution in [0.25, 0.3) is 0 Å². The van der Waals surface area contributed by atoms with Gasteiger partial charge in [-0.1, -0.05) is 26.7 Å². The molecule has 0 aromatic carbocycles. The number of hydrogen-bond donors (Lipinski definition) is 1. The molecule has 0 radical (unpaired) electrons. The van der Waals surface area contributed by atoms with E-state index in [9.17, 15) is 0 Å². The maximum Gasteiger partial charge on any atom is 0.107 e. The third-order valence-electron chi connectivity index (χ3n) is 3.34. The molecule has 2 heterocycles. The second-order valence-electron chi connectivity index (χ2n) is 5.45. The van der Waals surface area contributed by atoms with E-state index >= 15 is 0 Å². The largest absolute Gasteiger partial charge is 0.310 e. The van der Waals surface area contributed by atoms with Crippen molar-refractivity contribution in [1.29, 1.82) is 0 Å². The van der Waals surface area contributed by atoms with E-state index in [4.69, 9.17) is 0 Å². The molecule has 102 valence electrons. The summed E-state index contributed by atoms with van der Waals surface area (Å²) in [6, 6.07) is 0.543. The number of aromatic nitrogens is 1. The summed E-state index contributed by atoms with van der Waals surface area (Å²) in [4.78, 5) is 8.47. The van der Waals surface area contributed by atoms with Crippen LogP contribution < -0.4 is 5.32 Å². The van der Waals surface area contributed by atoms with Crippen molar-refractivity contribution >= 4 is 11.3 Å². The second-order valence-corrected chi connectivity index (χ2v) is 6.65. The Kier molecular flexibility index (Phi) is 5.60. The van der Waals surface area contributed by atoms with Crippen LogP contribution in [0.4, 0.5) is 0 Å². The Morgan fingerprint density at radius 2 is 2.00 bits per heavy atom. The van der Waals surface area contributed by atoms with Crippen molar-refractivity contribution in [3.8, 4) is 0 Å². The summed E-state index contributed by atoms with van der Waals surface area (Å²) in [6.07, 6.45) is 7.54. The van der Waals surface area contributed by atoms with Gasteiger partial charge in [-0.25, -0.2) is 4.98 Å². The normalized spacial score (nSPS) is 18.2. The summed E-state index contributed by atoms with van der Waals surface area (Å²) in [7, 11) is 0. The Morgan fingerprint density at radius 3 is 2.67 bits per heavy atom. The van der Waals surface area contributed by atoms with Gasteiger partial charge in [0.25, 0.3) is 0 Å². The molecular formula is C14H25N3S. The molecular weight excluding hydrogens is 242 g/mol. The zero-order chi connectivity index (χ0) is 12.8. The molecule has 0 amide bonds. The molecule has 0 saturated carbocycles. The minimum absolute atomic E-state index is 0.543. The van der Waals surface area contributed by atoms with E-state index in [1.165, 1.54) is 48.7 Å². The number of hydrogen-bond acceptors (Lipinski definition) is 4. The molecule has 0 bridgehead atoms. The standard InChI is InChI=1S/C14H25N3S/c1-12(2)15-9-13-10-16-14(18-13)11-17-7-5-3-4-6-8-17/h10,12,15H,3-9,11H2,1-2H3. The summed E-state index contributed by atoms with van der Waals surface area (Å²) >= 11 is 1.86. The van der Waals surface area contributed by atoms with Crippen LogP contribution in [0.1, 0.15) is 49.4 Å². The van der Waals surface area contributed by atoms with Gasteiger partial charge < -0.3 is 5.32 Å². The smallest absolute Gasteiger partial charge is 0.107 e. The van der Waals surface area contributed by atoms with E-state index in [2.05, 4.69) is 29.0 Å². The highest BCUT2D eigenvalue weighted by Gasteiger charge is 2.11. The fraction of sp³-hybridized carbons (Fsp3) is 0.786. The molecule has 3 nitrogen and oxygen atoms in total. The molecule has 4 heteroatoms. The minimum Gasteiger partial charge on any atom is -0.310 e.